The van der Waals surface area contributed by atoms with Crippen LogP contribution in [0, 0.1) is 0 Å². The van der Waals surface area contributed by atoms with Crippen molar-refractivity contribution in [2.24, 2.45) is 0 Å². The number of carbonyl (C=O) groups excluding carboxylic acids is 3. The van der Waals surface area contributed by atoms with E-state index in [1.165, 1.54) is 6.92 Å². The summed E-state index contributed by atoms with van der Waals surface area (Å²) in [6.07, 6.45) is 4.27. The van der Waals surface area contributed by atoms with Gasteiger partial charge in [-0.05, 0) is 47.1 Å². The minimum absolute atomic E-state index is 0.0420. The lowest BCUT2D eigenvalue weighted by Gasteiger charge is -2.25. The van der Waals surface area contributed by atoms with Gasteiger partial charge in [0.1, 0.15) is 11.5 Å². The highest BCUT2D eigenvalue weighted by Crippen LogP contribution is 2.36. The van der Waals surface area contributed by atoms with Gasteiger partial charge in [0.15, 0.2) is 0 Å². The number of benzene rings is 2. The zero-order valence-corrected chi connectivity index (χ0v) is 22.6. The van der Waals surface area contributed by atoms with Gasteiger partial charge in [-0.15, -0.1) is 0 Å². The number of unbranched alkanes of at least 4 members (excludes halogenated alkanes) is 2. The summed E-state index contributed by atoms with van der Waals surface area (Å²) in [5, 5.41) is 5.33. The molecule has 3 amide bonds. The highest BCUT2D eigenvalue weighted by molar-refractivity contribution is 6.05. The normalized spacial score (nSPS) is 12.0. The molecule has 2 aromatic carbocycles. The monoisotopic (exact) mass is 496 g/mol. The molecule has 0 fully saturated rings. The molecule has 0 aliphatic rings. The van der Waals surface area contributed by atoms with Crippen LogP contribution < -0.4 is 20.1 Å². The van der Waals surface area contributed by atoms with Gasteiger partial charge in [-0.2, -0.15) is 0 Å². The van der Waals surface area contributed by atoms with E-state index in [1.54, 1.807) is 26.4 Å². The average Bonchev–Trinajstić information content (AvgIpc) is 2.81. The second-order valence-electron chi connectivity index (χ2n) is 10.1. The minimum atomic E-state index is -0.501. The number of rotatable bonds is 11. The van der Waals surface area contributed by atoms with Gasteiger partial charge >= 0.3 is 0 Å². The Labute approximate surface area is 215 Å². The Balaban J connectivity index is 2.36. The third-order valence-electron chi connectivity index (χ3n) is 6.12. The summed E-state index contributed by atoms with van der Waals surface area (Å²) in [6, 6.07) is 10.8. The number of methoxy groups -OCH3 is 2. The molecule has 7 nitrogen and oxygen atoms in total. The van der Waals surface area contributed by atoms with Gasteiger partial charge in [-0.3, -0.25) is 19.7 Å². The predicted octanol–water partition coefficient (Wildman–Crippen LogP) is 5.97. The first-order valence-electron chi connectivity index (χ1n) is 12.5. The highest BCUT2D eigenvalue weighted by atomic mass is 16.5. The Bertz CT molecular complexity index is 1070. The lowest BCUT2D eigenvalue weighted by atomic mass is 9.84. The number of hydrogen-bond acceptors (Lipinski definition) is 5. The van der Waals surface area contributed by atoms with Crippen LogP contribution in [0.3, 0.4) is 0 Å². The molecule has 2 N–H and O–H groups in total. The van der Waals surface area contributed by atoms with Gasteiger partial charge in [0.25, 0.3) is 5.91 Å². The number of anilines is 1. The van der Waals surface area contributed by atoms with Crippen molar-refractivity contribution in [1.82, 2.24) is 5.32 Å². The molecule has 0 saturated heterocycles. The molecule has 1 unspecified atom stereocenters. The molecule has 0 saturated carbocycles. The Kier molecular flexibility index (Phi) is 10.5. The molecule has 0 heterocycles. The second-order valence-corrected chi connectivity index (χ2v) is 10.1. The molecule has 0 spiro atoms. The fourth-order valence-corrected chi connectivity index (χ4v) is 4.26. The van der Waals surface area contributed by atoms with Gasteiger partial charge in [-0.1, -0.05) is 59.1 Å². The molecule has 0 aliphatic carbocycles. The maximum absolute atomic E-state index is 13.4. The van der Waals surface area contributed by atoms with Crippen LogP contribution >= 0.6 is 0 Å². The number of nitrogens with one attached hydrogen (secondary N) is 2. The molecular weight excluding hydrogens is 456 g/mol. The number of hydrogen-bond donors (Lipinski definition) is 2. The highest BCUT2D eigenvalue weighted by Gasteiger charge is 2.24. The lowest BCUT2D eigenvalue weighted by molar-refractivity contribution is -0.118. The third kappa shape index (κ3) is 8.11. The quantitative estimate of drug-likeness (QED) is 0.374. The number of carbonyl (C=O) groups is 3. The summed E-state index contributed by atoms with van der Waals surface area (Å²) < 4.78 is 11.0. The molecule has 196 valence electrons. The summed E-state index contributed by atoms with van der Waals surface area (Å²) in [6.45, 7) is 9.57. The first kappa shape index (κ1) is 28.9. The molecule has 0 bridgehead atoms. The van der Waals surface area contributed by atoms with E-state index in [0.717, 1.165) is 36.8 Å². The van der Waals surface area contributed by atoms with Crippen LogP contribution in [0.15, 0.2) is 36.4 Å². The largest absolute Gasteiger partial charge is 0.497 e. The van der Waals surface area contributed by atoms with Crippen LogP contribution in [0.25, 0.3) is 0 Å². The number of amides is 3. The third-order valence-corrected chi connectivity index (χ3v) is 6.12. The minimum Gasteiger partial charge on any atom is -0.497 e. The summed E-state index contributed by atoms with van der Waals surface area (Å²) in [5.41, 5.74) is 2.48. The van der Waals surface area contributed by atoms with E-state index in [1.807, 2.05) is 45.0 Å². The van der Waals surface area contributed by atoms with E-state index in [9.17, 15) is 14.4 Å². The molecule has 0 aliphatic heterocycles. The van der Waals surface area contributed by atoms with Crippen LogP contribution in [0.4, 0.5) is 5.69 Å². The van der Waals surface area contributed by atoms with Crippen molar-refractivity contribution >= 4 is 23.4 Å². The Morgan fingerprint density at radius 3 is 2.28 bits per heavy atom. The molecule has 0 aromatic heterocycles. The van der Waals surface area contributed by atoms with Gasteiger partial charge < -0.3 is 14.8 Å². The van der Waals surface area contributed by atoms with Gasteiger partial charge in [0.2, 0.25) is 11.8 Å². The fourth-order valence-electron chi connectivity index (χ4n) is 4.26. The zero-order chi connectivity index (χ0) is 26.9. The Hall–Kier alpha value is -3.35. The van der Waals surface area contributed by atoms with Crippen molar-refractivity contribution in [2.75, 3.05) is 19.5 Å². The Morgan fingerprint density at radius 2 is 1.69 bits per heavy atom. The van der Waals surface area contributed by atoms with Crippen molar-refractivity contribution in [3.05, 3.63) is 53.1 Å². The van der Waals surface area contributed by atoms with Gasteiger partial charge in [0.05, 0.1) is 14.2 Å². The molecule has 2 aromatic rings. The molecule has 7 heteroatoms. The van der Waals surface area contributed by atoms with Crippen LogP contribution in [-0.2, 0) is 15.0 Å². The second kappa shape index (κ2) is 13.1. The van der Waals surface area contributed by atoms with E-state index in [4.69, 9.17) is 9.47 Å². The van der Waals surface area contributed by atoms with Gasteiger partial charge in [-0.25, -0.2) is 0 Å². The van der Waals surface area contributed by atoms with Crippen LogP contribution in [0.2, 0.25) is 0 Å². The van der Waals surface area contributed by atoms with E-state index in [-0.39, 0.29) is 23.7 Å². The fraction of sp³-hybridized carbons (Fsp3) is 0.483. The van der Waals surface area contributed by atoms with Crippen molar-refractivity contribution in [3.63, 3.8) is 0 Å². The number of imide groups is 1. The first-order valence-corrected chi connectivity index (χ1v) is 12.5. The first-order chi connectivity index (χ1) is 17.0. The smallest absolute Gasteiger partial charge is 0.257 e. The number of ether oxygens (including phenoxy) is 2. The SMILES string of the molecule is CCCCCC(CC(=O)Nc1cc(C(=O)NC(C)=O)ccc1C(C)(C)C)c1ccc(OC)cc1OC. The standard InChI is InChI=1S/C29H40N2O5/c1-8-9-10-11-20(23-14-13-22(35-6)18-26(23)36-7)17-27(33)31-25-16-21(28(34)30-19(2)32)12-15-24(25)29(3,4)5/h12-16,18,20H,8-11,17H2,1-7H3,(H,31,33)(H,30,32,34). The van der Waals surface area contributed by atoms with Crippen molar-refractivity contribution in [2.45, 2.75) is 78.1 Å². The summed E-state index contributed by atoms with van der Waals surface area (Å²) in [4.78, 5) is 37.1. The van der Waals surface area contributed by atoms with Crippen LogP contribution in [0.1, 0.15) is 94.1 Å². The topological polar surface area (TPSA) is 93.7 Å². The average molecular weight is 497 g/mol. The maximum Gasteiger partial charge on any atom is 0.257 e. The van der Waals surface area contributed by atoms with Crippen molar-refractivity contribution in [3.8, 4) is 11.5 Å². The van der Waals surface area contributed by atoms with Crippen molar-refractivity contribution < 1.29 is 23.9 Å². The van der Waals surface area contributed by atoms with E-state index < -0.39 is 11.8 Å². The van der Waals surface area contributed by atoms with Crippen LogP contribution in [0.5, 0.6) is 11.5 Å². The molecule has 36 heavy (non-hydrogen) atoms. The van der Waals surface area contributed by atoms with Gasteiger partial charge in [0, 0.05) is 30.7 Å². The zero-order valence-electron chi connectivity index (χ0n) is 22.6. The summed E-state index contributed by atoms with van der Waals surface area (Å²) >= 11 is 0. The van der Waals surface area contributed by atoms with E-state index >= 15 is 0 Å². The maximum atomic E-state index is 13.4. The lowest BCUT2D eigenvalue weighted by Crippen LogP contribution is -2.28. The molecule has 0 radical (unpaired) electrons. The van der Waals surface area contributed by atoms with E-state index in [2.05, 4.69) is 17.6 Å². The molecular formula is C29H40N2O5. The Morgan fingerprint density at radius 1 is 0.972 bits per heavy atom. The predicted molar refractivity (Wildman–Crippen MR) is 143 cm³/mol. The molecule has 1 atom stereocenters. The summed E-state index contributed by atoms with van der Waals surface area (Å²) in [7, 11) is 3.23. The van der Waals surface area contributed by atoms with Crippen LogP contribution in [-0.4, -0.2) is 31.9 Å². The van der Waals surface area contributed by atoms with E-state index in [0.29, 0.717) is 22.7 Å². The molecule has 2 rings (SSSR count). The summed E-state index contributed by atoms with van der Waals surface area (Å²) in [5.74, 6) is 0.265. The van der Waals surface area contributed by atoms with Crippen molar-refractivity contribution in [1.29, 1.82) is 0 Å².